The van der Waals surface area contributed by atoms with Crippen LogP contribution in [-0.2, 0) is 13.6 Å². The second-order valence-corrected chi connectivity index (χ2v) is 8.64. The lowest BCUT2D eigenvalue weighted by atomic mass is 10.4. The molecule has 0 saturated heterocycles. The van der Waals surface area contributed by atoms with Gasteiger partial charge in [0.15, 0.2) is 0 Å². The summed E-state index contributed by atoms with van der Waals surface area (Å²) in [6.07, 6.45) is 0. The minimum Gasteiger partial charge on any atom is -0.301 e. The summed E-state index contributed by atoms with van der Waals surface area (Å²) in [5.41, 5.74) is 0. The SMILES string of the molecule is CCOP(=O)(OCC)SCCSc1ccccc1. The van der Waals surface area contributed by atoms with E-state index >= 15 is 0 Å². The van der Waals surface area contributed by atoms with E-state index in [4.69, 9.17) is 9.05 Å². The summed E-state index contributed by atoms with van der Waals surface area (Å²) in [7, 11) is 0. The van der Waals surface area contributed by atoms with Gasteiger partial charge < -0.3 is 9.05 Å². The molecule has 0 aliphatic carbocycles. The molecule has 0 unspecified atom stereocenters. The normalized spacial score (nSPS) is 11.7. The molecule has 0 atom stereocenters. The van der Waals surface area contributed by atoms with Gasteiger partial charge >= 0.3 is 6.80 Å². The topological polar surface area (TPSA) is 35.5 Å². The van der Waals surface area contributed by atoms with Gasteiger partial charge in [-0.3, -0.25) is 0 Å². The van der Waals surface area contributed by atoms with Crippen LogP contribution in [0.1, 0.15) is 13.8 Å². The van der Waals surface area contributed by atoms with E-state index in [1.165, 1.54) is 16.3 Å². The average molecular weight is 306 g/mol. The van der Waals surface area contributed by atoms with Crippen LogP contribution in [0.4, 0.5) is 0 Å². The molecule has 1 aromatic carbocycles. The Morgan fingerprint density at radius 2 is 1.67 bits per heavy atom. The number of hydrogen-bond acceptors (Lipinski definition) is 5. The smallest absolute Gasteiger partial charge is 0.301 e. The first-order valence-electron chi connectivity index (χ1n) is 5.91. The molecule has 0 aliphatic rings. The van der Waals surface area contributed by atoms with Crippen LogP contribution in [0.15, 0.2) is 35.2 Å². The Morgan fingerprint density at radius 1 is 1.06 bits per heavy atom. The molecular formula is C12H19O3PS2. The minimum absolute atomic E-state index is 0.413. The van der Waals surface area contributed by atoms with Crippen LogP contribution in [0.25, 0.3) is 0 Å². The molecule has 0 bridgehead atoms. The highest BCUT2D eigenvalue weighted by Gasteiger charge is 2.23. The van der Waals surface area contributed by atoms with Gasteiger partial charge in [-0.25, -0.2) is 4.57 Å². The van der Waals surface area contributed by atoms with Gasteiger partial charge in [-0.05, 0) is 37.4 Å². The zero-order chi connectivity index (χ0) is 13.3. The quantitative estimate of drug-likeness (QED) is 0.375. The molecule has 0 fully saturated rings. The first-order valence-corrected chi connectivity index (χ1v) is 10.0. The summed E-state index contributed by atoms with van der Waals surface area (Å²) >= 11 is 3.03. The van der Waals surface area contributed by atoms with Crippen molar-refractivity contribution in [3.8, 4) is 0 Å². The van der Waals surface area contributed by atoms with Crippen molar-refractivity contribution in [3.63, 3.8) is 0 Å². The Balaban J connectivity index is 2.29. The third-order valence-electron chi connectivity index (χ3n) is 1.92. The molecule has 3 nitrogen and oxygen atoms in total. The van der Waals surface area contributed by atoms with Crippen molar-refractivity contribution in [2.24, 2.45) is 0 Å². The van der Waals surface area contributed by atoms with Gasteiger partial charge in [0.25, 0.3) is 0 Å². The highest BCUT2D eigenvalue weighted by molar-refractivity contribution is 8.55. The Morgan fingerprint density at radius 3 is 2.22 bits per heavy atom. The van der Waals surface area contributed by atoms with E-state index in [-0.39, 0.29) is 0 Å². The zero-order valence-electron chi connectivity index (χ0n) is 10.7. The molecule has 1 aromatic rings. The number of hydrogen-bond donors (Lipinski definition) is 0. The average Bonchev–Trinajstić information content (AvgIpc) is 2.37. The standard InChI is InChI=1S/C12H19O3PS2/c1-3-14-16(13,15-4-2)18-11-10-17-12-8-6-5-7-9-12/h5-9H,3-4,10-11H2,1-2H3. The number of benzene rings is 1. The third kappa shape index (κ3) is 6.30. The Bertz CT molecular complexity index is 363. The fourth-order valence-corrected chi connectivity index (χ4v) is 5.97. The van der Waals surface area contributed by atoms with Crippen LogP contribution in [-0.4, -0.2) is 24.7 Å². The fraction of sp³-hybridized carbons (Fsp3) is 0.500. The van der Waals surface area contributed by atoms with Crippen molar-refractivity contribution >= 4 is 29.9 Å². The van der Waals surface area contributed by atoms with Crippen LogP contribution in [0.2, 0.25) is 0 Å². The molecule has 0 spiro atoms. The van der Waals surface area contributed by atoms with Crippen molar-refractivity contribution in [2.75, 3.05) is 24.7 Å². The number of thioether (sulfide) groups is 1. The summed E-state index contributed by atoms with van der Waals surface area (Å²) in [5.74, 6) is 1.63. The highest BCUT2D eigenvalue weighted by atomic mass is 32.7. The minimum atomic E-state index is -2.94. The van der Waals surface area contributed by atoms with Gasteiger partial charge in [-0.2, -0.15) is 0 Å². The molecule has 102 valence electrons. The molecule has 0 saturated carbocycles. The molecule has 1 rings (SSSR count). The lowest BCUT2D eigenvalue weighted by molar-refractivity contribution is 0.237. The van der Waals surface area contributed by atoms with Crippen molar-refractivity contribution in [3.05, 3.63) is 30.3 Å². The van der Waals surface area contributed by atoms with Gasteiger partial charge in [0.1, 0.15) is 0 Å². The first kappa shape index (κ1) is 16.1. The summed E-state index contributed by atoms with van der Waals surface area (Å²) in [6, 6.07) is 10.2. The molecule has 0 aromatic heterocycles. The molecule has 0 heterocycles. The maximum atomic E-state index is 12.1. The van der Waals surface area contributed by atoms with E-state index in [2.05, 4.69) is 12.1 Å². The summed E-state index contributed by atoms with van der Waals surface area (Å²) in [5, 5.41) is 0. The molecule has 0 N–H and O–H groups in total. The monoisotopic (exact) mass is 306 g/mol. The van der Waals surface area contributed by atoms with Gasteiger partial charge in [-0.15, -0.1) is 11.8 Å². The Hall–Kier alpha value is 0.0700. The second kappa shape index (κ2) is 9.05. The van der Waals surface area contributed by atoms with Crippen molar-refractivity contribution in [1.82, 2.24) is 0 Å². The lowest BCUT2D eigenvalue weighted by Crippen LogP contribution is -1.94. The van der Waals surface area contributed by atoms with Crippen LogP contribution >= 0.6 is 29.9 Å². The van der Waals surface area contributed by atoms with Gasteiger partial charge in [-0.1, -0.05) is 18.2 Å². The van der Waals surface area contributed by atoms with Crippen LogP contribution in [0.5, 0.6) is 0 Å². The Kier molecular flexibility index (Phi) is 8.11. The van der Waals surface area contributed by atoms with E-state index in [1.54, 1.807) is 11.8 Å². The van der Waals surface area contributed by atoms with Crippen molar-refractivity contribution in [2.45, 2.75) is 18.7 Å². The van der Waals surface area contributed by atoms with Crippen LogP contribution < -0.4 is 0 Å². The summed E-state index contributed by atoms with van der Waals surface area (Å²) in [4.78, 5) is 1.22. The second-order valence-electron chi connectivity index (χ2n) is 3.28. The van der Waals surface area contributed by atoms with Gasteiger partial charge in [0.2, 0.25) is 0 Å². The maximum absolute atomic E-state index is 12.1. The first-order chi connectivity index (χ1) is 8.70. The fourth-order valence-electron chi connectivity index (χ4n) is 1.25. The van der Waals surface area contributed by atoms with Gasteiger partial charge in [0, 0.05) is 16.4 Å². The van der Waals surface area contributed by atoms with E-state index in [1.807, 2.05) is 32.0 Å². The predicted molar refractivity (Wildman–Crippen MR) is 80.5 cm³/mol. The molecule has 6 heteroatoms. The van der Waals surface area contributed by atoms with Crippen molar-refractivity contribution < 1.29 is 13.6 Å². The molecular weight excluding hydrogens is 287 g/mol. The van der Waals surface area contributed by atoms with Gasteiger partial charge in [0.05, 0.1) is 13.2 Å². The van der Waals surface area contributed by atoms with E-state index in [0.29, 0.717) is 13.2 Å². The van der Waals surface area contributed by atoms with Crippen LogP contribution in [0, 0.1) is 0 Å². The number of rotatable bonds is 9. The molecule has 0 radical (unpaired) electrons. The predicted octanol–water partition coefficient (Wildman–Crippen LogP) is 4.69. The van der Waals surface area contributed by atoms with E-state index in [9.17, 15) is 4.57 Å². The summed E-state index contributed by atoms with van der Waals surface area (Å²) < 4.78 is 22.6. The third-order valence-corrected chi connectivity index (χ3v) is 7.17. The maximum Gasteiger partial charge on any atom is 0.389 e. The lowest BCUT2D eigenvalue weighted by Gasteiger charge is -2.15. The van der Waals surface area contributed by atoms with E-state index in [0.717, 1.165) is 11.5 Å². The largest absolute Gasteiger partial charge is 0.389 e. The highest BCUT2D eigenvalue weighted by Crippen LogP contribution is 2.60. The van der Waals surface area contributed by atoms with Crippen LogP contribution in [0.3, 0.4) is 0 Å². The molecule has 0 amide bonds. The molecule has 18 heavy (non-hydrogen) atoms. The van der Waals surface area contributed by atoms with E-state index < -0.39 is 6.80 Å². The Labute approximate surface area is 117 Å². The van der Waals surface area contributed by atoms with Crippen molar-refractivity contribution in [1.29, 1.82) is 0 Å². The zero-order valence-corrected chi connectivity index (χ0v) is 13.2. The molecule has 0 aliphatic heterocycles. The summed E-state index contributed by atoms with van der Waals surface area (Å²) in [6.45, 7) is 1.54.